The van der Waals surface area contributed by atoms with Crippen molar-refractivity contribution in [1.29, 1.82) is 0 Å². The molecule has 0 saturated heterocycles. The third-order valence-corrected chi connectivity index (χ3v) is 3.96. The molecule has 2 aromatic rings. The summed E-state index contributed by atoms with van der Waals surface area (Å²) in [5.41, 5.74) is 4.18. The van der Waals surface area contributed by atoms with Crippen LogP contribution in [0.2, 0.25) is 0 Å². The van der Waals surface area contributed by atoms with Gasteiger partial charge < -0.3 is 10.4 Å². The normalized spacial score (nSPS) is 12.3. The number of aliphatic hydroxyl groups excluding tert-OH is 1. The monoisotopic (exact) mass is 283 g/mol. The summed E-state index contributed by atoms with van der Waals surface area (Å²) in [6, 6.07) is 19.4. The Morgan fingerprint density at radius 3 is 2.38 bits per heavy atom. The molecule has 0 aliphatic carbocycles. The molecule has 0 heterocycles. The highest BCUT2D eigenvalue weighted by Crippen LogP contribution is 2.25. The van der Waals surface area contributed by atoms with E-state index in [9.17, 15) is 0 Å². The van der Waals surface area contributed by atoms with Crippen LogP contribution in [0, 0.1) is 6.92 Å². The van der Waals surface area contributed by atoms with Gasteiger partial charge in [-0.05, 0) is 48.9 Å². The summed E-state index contributed by atoms with van der Waals surface area (Å²) >= 11 is 0. The van der Waals surface area contributed by atoms with E-state index in [-0.39, 0.29) is 6.61 Å². The second kappa shape index (κ2) is 8.60. The summed E-state index contributed by atoms with van der Waals surface area (Å²) in [4.78, 5) is 0. The molecule has 1 atom stereocenters. The minimum absolute atomic E-state index is 0.202. The molecule has 21 heavy (non-hydrogen) atoms. The number of hydrogen-bond acceptors (Lipinski definition) is 2. The lowest BCUT2D eigenvalue weighted by atomic mass is 9.88. The average Bonchev–Trinajstić information content (AvgIpc) is 2.53. The van der Waals surface area contributed by atoms with Gasteiger partial charge in [0.15, 0.2) is 0 Å². The zero-order valence-electron chi connectivity index (χ0n) is 12.8. The summed E-state index contributed by atoms with van der Waals surface area (Å²) in [6.45, 7) is 3.99. The fraction of sp³-hybridized carbons (Fsp3) is 0.368. The highest BCUT2D eigenvalue weighted by Gasteiger charge is 2.13. The first-order valence-corrected chi connectivity index (χ1v) is 7.72. The fourth-order valence-corrected chi connectivity index (χ4v) is 2.70. The summed E-state index contributed by atoms with van der Waals surface area (Å²) < 4.78 is 0. The summed E-state index contributed by atoms with van der Waals surface area (Å²) in [5, 5.41) is 12.1. The van der Waals surface area contributed by atoms with E-state index in [0.29, 0.717) is 12.5 Å². The van der Waals surface area contributed by atoms with Crippen LogP contribution in [0.4, 0.5) is 0 Å². The van der Waals surface area contributed by atoms with E-state index in [1.54, 1.807) is 0 Å². The summed E-state index contributed by atoms with van der Waals surface area (Å²) in [7, 11) is 0. The van der Waals surface area contributed by atoms with Crippen LogP contribution in [0.3, 0.4) is 0 Å². The molecule has 0 aliphatic rings. The molecular formula is C19H25NO. The summed E-state index contributed by atoms with van der Waals surface area (Å²) in [6.07, 6.45) is 2.15. The van der Waals surface area contributed by atoms with Crippen LogP contribution in [0.15, 0.2) is 54.6 Å². The Morgan fingerprint density at radius 2 is 1.67 bits per heavy atom. The predicted octanol–water partition coefficient (Wildman–Crippen LogP) is 3.29. The van der Waals surface area contributed by atoms with Crippen LogP contribution < -0.4 is 5.32 Å². The van der Waals surface area contributed by atoms with Crippen molar-refractivity contribution < 1.29 is 5.11 Å². The lowest BCUT2D eigenvalue weighted by Gasteiger charge is -2.19. The lowest BCUT2D eigenvalue weighted by Crippen LogP contribution is -2.21. The van der Waals surface area contributed by atoms with Gasteiger partial charge in [0.1, 0.15) is 0 Å². The van der Waals surface area contributed by atoms with Gasteiger partial charge in [-0.2, -0.15) is 0 Å². The topological polar surface area (TPSA) is 32.3 Å². The Kier molecular flexibility index (Phi) is 6.45. The fourth-order valence-electron chi connectivity index (χ4n) is 2.70. The lowest BCUT2D eigenvalue weighted by molar-refractivity contribution is 0.291. The molecule has 0 unspecified atom stereocenters. The standard InChI is InChI=1S/C19H25NO/c1-16-7-5-6-10-18(16)15-19(11-12-20-13-14-21)17-8-3-2-4-9-17/h2-10,19-21H,11-15H2,1H3/t19-/m0/s1. The van der Waals surface area contributed by atoms with Crippen LogP contribution in [-0.4, -0.2) is 24.8 Å². The van der Waals surface area contributed by atoms with Crippen LogP contribution >= 0.6 is 0 Å². The van der Waals surface area contributed by atoms with Crippen molar-refractivity contribution in [2.45, 2.75) is 25.7 Å². The van der Waals surface area contributed by atoms with Crippen molar-refractivity contribution in [3.8, 4) is 0 Å². The van der Waals surface area contributed by atoms with E-state index >= 15 is 0 Å². The van der Waals surface area contributed by atoms with Gasteiger partial charge in [-0.3, -0.25) is 0 Å². The van der Waals surface area contributed by atoms with Crippen molar-refractivity contribution in [2.75, 3.05) is 19.7 Å². The van der Waals surface area contributed by atoms with Gasteiger partial charge in [-0.25, -0.2) is 0 Å². The molecule has 112 valence electrons. The Hall–Kier alpha value is -1.64. The van der Waals surface area contributed by atoms with Gasteiger partial charge >= 0.3 is 0 Å². The smallest absolute Gasteiger partial charge is 0.0555 e. The second-order valence-corrected chi connectivity index (χ2v) is 5.50. The highest BCUT2D eigenvalue weighted by atomic mass is 16.3. The molecule has 0 aliphatic heterocycles. The molecule has 0 aromatic heterocycles. The van der Waals surface area contributed by atoms with Gasteiger partial charge in [0.25, 0.3) is 0 Å². The zero-order valence-corrected chi connectivity index (χ0v) is 12.8. The average molecular weight is 283 g/mol. The number of aliphatic hydroxyl groups is 1. The molecule has 2 nitrogen and oxygen atoms in total. The Bertz CT molecular complexity index is 524. The van der Waals surface area contributed by atoms with Crippen molar-refractivity contribution in [3.05, 3.63) is 71.3 Å². The first kappa shape index (κ1) is 15.7. The second-order valence-electron chi connectivity index (χ2n) is 5.50. The first-order chi connectivity index (χ1) is 10.3. The largest absolute Gasteiger partial charge is 0.395 e. The van der Waals surface area contributed by atoms with E-state index < -0.39 is 0 Å². The number of rotatable bonds is 8. The van der Waals surface area contributed by atoms with Gasteiger partial charge in [-0.1, -0.05) is 54.6 Å². The molecule has 2 aromatic carbocycles. The molecule has 2 rings (SSSR count). The SMILES string of the molecule is Cc1ccccc1C[C@H](CCNCCO)c1ccccc1. The summed E-state index contributed by atoms with van der Waals surface area (Å²) in [5.74, 6) is 0.512. The molecule has 0 amide bonds. The third-order valence-electron chi connectivity index (χ3n) is 3.96. The third kappa shape index (κ3) is 5.00. The van der Waals surface area contributed by atoms with E-state index in [2.05, 4.69) is 66.8 Å². The molecule has 0 bridgehead atoms. The first-order valence-electron chi connectivity index (χ1n) is 7.72. The van der Waals surface area contributed by atoms with Crippen molar-refractivity contribution in [1.82, 2.24) is 5.32 Å². The molecule has 0 fully saturated rings. The minimum atomic E-state index is 0.202. The molecule has 0 saturated carbocycles. The van der Waals surface area contributed by atoms with Crippen LogP contribution in [0.25, 0.3) is 0 Å². The number of hydrogen-bond donors (Lipinski definition) is 2. The molecule has 0 spiro atoms. The van der Waals surface area contributed by atoms with E-state index in [1.807, 2.05) is 0 Å². The highest BCUT2D eigenvalue weighted by molar-refractivity contribution is 5.29. The molecular weight excluding hydrogens is 258 g/mol. The Morgan fingerprint density at radius 1 is 0.952 bits per heavy atom. The van der Waals surface area contributed by atoms with E-state index in [4.69, 9.17) is 5.11 Å². The van der Waals surface area contributed by atoms with Crippen LogP contribution in [0.1, 0.15) is 29.0 Å². The van der Waals surface area contributed by atoms with Gasteiger partial charge in [0, 0.05) is 6.54 Å². The van der Waals surface area contributed by atoms with Gasteiger partial charge in [0.05, 0.1) is 6.61 Å². The maximum Gasteiger partial charge on any atom is 0.0555 e. The maximum atomic E-state index is 8.86. The zero-order chi connectivity index (χ0) is 14.9. The van der Waals surface area contributed by atoms with Crippen LogP contribution in [0.5, 0.6) is 0 Å². The van der Waals surface area contributed by atoms with Crippen molar-refractivity contribution >= 4 is 0 Å². The van der Waals surface area contributed by atoms with Gasteiger partial charge in [0.2, 0.25) is 0 Å². The molecule has 2 heteroatoms. The quantitative estimate of drug-likeness (QED) is 0.729. The number of nitrogens with one attached hydrogen (secondary N) is 1. The number of benzene rings is 2. The maximum absolute atomic E-state index is 8.86. The van der Waals surface area contributed by atoms with Crippen LogP contribution in [-0.2, 0) is 6.42 Å². The van der Waals surface area contributed by atoms with E-state index in [0.717, 1.165) is 19.4 Å². The molecule has 2 N–H and O–H groups in total. The van der Waals surface area contributed by atoms with Crippen molar-refractivity contribution in [3.63, 3.8) is 0 Å². The Balaban J connectivity index is 2.07. The Labute approximate surface area is 127 Å². The minimum Gasteiger partial charge on any atom is -0.395 e. The van der Waals surface area contributed by atoms with E-state index in [1.165, 1.54) is 16.7 Å². The predicted molar refractivity (Wildman–Crippen MR) is 88.6 cm³/mol. The van der Waals surface area contributed by atoms with Crippen molar-refractivity contribution in [2.24, 2.45) is 0 Å². The van der Waals surface area contributed by atoms with Gasteiger partial charge in [-0.15, -0.1) is 0 Å². The number of aryl methyl sites for hydroxylation is 1. The molecule has 0 radical (unpaired) electrons.